The van der Waals surface area contributed by atoms with E-state index in [1.807, 2.05) is 16.7 Å². The molecule has 0 fully saturated rings. The zero-order valence-electron chi connectivity index (χ0n) is 13.5. The van der Waals surface area contributed by atoms with Crippen LogP contribution in [0.3, 0.4) is 0 Å². The molecule has 0 saturated carbocycles. The van der Waals surface area contributed by atoms with Crippen molar-refractivity contribution in [2.75, 3.05) is 19.8 Å². The largest absolute Gasteiger partial charge is 0.491 e. The van der Waals surface area contributed by atoms with Crippen LogP contribution < -0.4 is 4.74 Å². The van der Waals surface area contributed by atoms with Crippen molar-refractivity contribution < 1.29 is 19.3 Å². The molecule has 6 heteroatoms. The second-order valence-electron chi connectivity index (χ2n) is 5.50. The van der Waals surface area contributed by atoms with Gasteiger partial charge in [0, 0.05) is 18.0 Å². The average molecular weight is 342 g/mol. The molecule has 0 bridgehead atoms. The molecule has 2 N–H and O–H groups in total. The minimum absolute atomic E-state index is 0.0397. The van der Waals surface area contributed by atoms with Crippen LogP contribution in [0.1, 0.15) is 11.6 Å². The third kappa shape index (κ3) is 3.87. The Labute approximate surface area is 145 Å². The molecule has 0 radical (unpaired) electrons. The number of ether oxygens (including phenoxy) is 1. The van der Waals surface area contributed by atoms with Gasteiger partial charge in [-0.25, -0.2) is 9.37 Å². The van der Waals surface area contributed by atoms with Crippen molar-refractivity contribution in [3.63, 3.8) is 0 Å². The van der Waals surface area contributed by atoms with Gasteiger partial charge in [-0.1, -0.05) is 12.1 Å². The Bertz CT molecular complexity index is 800. The van der Waals surface area contributed by atoms with E-state index < -0.39 is 0 Å². The summed E-state index contributed by atoms with van der Waals surface area (Å²) in [7, 11) is 0. The Kier molecular flexibility index (Phi) is 5.42. The Hall–Kier alpha value is -2.70. The molecule has 5 nitrogen and oxygen atoms in total. The van der Waals surface area contributed by atoms with Gasteiger partial charge < -0.3 is 19.5 Å². The van der Waals surface area contributed by atoms with Gasteiger partial charge in [-0.2, -0.15) is 0 Å². The smallest absolute Gasteiger partial charge is 0.140 e. The highest BCUT2D eigenvalue weighted by atomic mass is 19.1. The number of aliphatic hydroxyl groups is 2. The average Bonchev–Trinajstić information content (AvgIpc) is 3.12. The summed E-state index contributed by atoms with van der Waals surface area (Å²) in [4.78, 5) is 4.39. The second kappa shape index (κ2) is 7.92. The minimum Gasteiger partial charge on any atom is -0.491 e. The Morgan fingerprint density at radius 1 is 1.04 bits per heavy atom. The van der Waals surface area contributed by atoms with Crippen molar-refractivity contribution >= 4 is 0 Å². The molecule has 0 aliphatic carbocycles. The van der Waals surface area contributed by atoms with Crippen molar-refractivity contribution in [1.29, 1.82) is 0 Å². The number of hydrogen-bond donors (Lipinski definition) is 2. The molecule has 1 heterocycles. The molecule has 3 aromatic rings. The van der Waals surface area contributed by atoms with E-state index in [1.54, 1.807) is 36.7 Å². The van der Waals surface area contributed by atoms with Crippen molar-refractivity contribution in [1.82, 2.24) is 9.55 Å². The standard InChI is InChI=1S/C19H19FN2O3/c20-16-5-1-14(2-6-16)18(13-24)22-10-9-21-19(22)15-3-7-17(8-4-15)25-12-11-23/h1-10,18,23-24H,11-13H2. The van der Waals surface area contributed by atoms with Gasteiger partial charge >= 0.3 is 0 Å². The number of aromatic nitrogens is 2. The SMILES string of the molecule is OCCOc1ccc(-c2nccn2C(CO)c2ccc(F)cc2)cc1. The van der Waals surface area contributed by atoms with Gasteiger partial charge in [0.15, 0.2) is 0 Å². The molecular formula is C19H19FN2O3. The summed E-state index contributed by atoms with van der Waals surface area (Å²) in [6, 6.07) is 13.0. The van der Waals surface area contributed by atoms with E-state index in [9.17, 15) is 9.50 Å². The van der Waals surface area contributed by atoms with Gasteiger partial charge in [-0.05, 0) is 42.0 Å². The Morgan fingerprint density at radius 2 is 1.76 bits per heavy atom. The highest BCUT2D eigenvalue weighted by molar-refractivity contribution is 5.57. The molecule has 2 aromatic carbocycles. The molecule has 0 aliphatic heterocycles. The number of benzene rings is 2. The number of rotatable bonds is 7. The summed E-state index contributed by atoms with van der Waals surface area (Å²) in [5, 5.41) is 18.6. The van der Waals surface area contributed by atoms with E-state index in [0.717, 1.165) is 11.1 Å². The molecular weight excluding hydrogens is 323 g/mol. The topological polar surface area (TPSA) is 67.5 Å². The van der Waals surface area contributed by atoms with Crippen LogP contribution in [0.25, 0.3) is 11.4 Å². The van der Waals surface area contributed by atoms with E-state index in [1.165, 1.54) is 12.1 Å². The lowest BCUT2D eigenvalue weighted by Crippen LogP contribution is -2.15. The van der Waals surface area contributed by atoms with E-state index in [0.29, 0.717) is 11.6 Å². The van der Waals surface area contributed by atoms with Crippen LogP contribution in [0.5, 0.6) is 5.75 Å². The first kappa shape index (κ1) is 17.1. The first-order chi connectivity index (χ1) is 12.2. The van der Waals surface area contributed by atoms with Crippen molar-refractivity contribution in [2.24, 2.45) is 0 Å². The lowest BCUT2D eigenvalue weighted by atomic mass is 10.1. The molecule has 3 rings (SSSR count). The quantitative estimate of drug-likeness (QED) is 0.693. The maximum absolute atomic E-state index is 13.2. The minimum atomic E-state index is -0.358. The Morgan fingerprint density at radius 3 is 2.40 bits per heavy atom. The fourth-order valence-electron chi connectivity index (χ4n) is 2.69. The highest BCUT2D eigenvalue weighted by Gasteiger charge is 2.17. The van der Waals surface area contributed by atoms with E-state index >= 15 is 0 Å². The van der Waals surface area contributed by atoms with Crippen LogP contribution in [0.4, 0.5) is 4.39 Å². The van der Waals surface area contributed by atoms with E-state index in [2.05, 4.69) is 4.98 Å². The number of aliphatic hydroxyl groups excluding tert-OH is 2. The van der Waals surface area contributed by atoms with Crippen molar-refractivity contribution in [2.45, 2.75) is 6.04 Å². The molecule has 0 spiro atoms. The summed E-state index contributed by atoms with van der Waals surface area (Å²) in [6.45, 7) is 0.0693. The van der Waals surface area contributed by atoms with Gasteiger partial charge in [0.25, 0.3) is 0 Å². The van der Waals surface area contributed by atoms with Gasteiger partial charge in [-0.15, -0.1) is 0 Å². The number of hydrogen-bond acceptors (Lipinski definition) is 4. The molecule has 0 aliphatic rings. The normalized spacial score (nSPS) is 12.1. The predicted octanol–water partition coefficient (Wildman–Crippen LogP) is 2.64. The summed E-state index contributed by atoms with van der Waals surface area (Å²) < 4.78 is 20.4. The van der Waals surface area contributed by atoms with Gasteiger partial charge in [0.1, 0.15) is 24.0 Å². The summed E-state index contributed by atoms with van der Waals surface area (Å²) >= 11 is 0. The summed E-state index contributed by atoms with van der Waals surface area (Å²) in [5.74, 6) is 1.04. The van der Waals surface area contributed by atoms with Crippen LogP contribution >= 0.6 is 0 Å². The van der Waals surface area contributed by atoms with E-state index in [4.69, 9.17) is 9.84 Å². The van der Waals surface area contributed by atoms with Crippen molar-refractivity contribution in [3.8, 4) is 17.1 Å². The molecule has 0 saturated heterocycles. The van der Waals surface area contributed by atoms with Crippen LogP contribution in [-0.4, -0.2) is 39.6 Å². The zero-order chi connectivity index (χ0) is 17.6. The molecule has 1 aromatic heterocycles. The van der Waals surface area contributed by atoms with E-state index in [-0.39, 0.29) is 31.7 Å². The molecule has 1 atom stereocenters. The highest BCUT2D eigenvalue weighted by Crippen LogP contribution is 2.27. The maximum Gasteiger partial charge on any atom is 0.140 e. The van der Waals surface area contributed by atoms with Crippen LogP contribution in [0.2, 0.25) is 0 Å². The lowest BCUT2D eigenvalue weighted by Gasteiger charge is -2.19. The van der Waals surface area contributed by atoms with Crippen molar-refractivity contribution in [3.05, 3.63) is 72.3 Å². The predicted molar refractivity (Wildman–Crippen MR) is 91.9 cm³/mol. The second-order valence-corrected chi connectivity index (χ2v) is 5.50. The number of halogens is 1. The van der Waals surface area contributed by atoms with Crippen LogP contribution in [-0.2, 0) is 0 Å². The molecule has 130 valence electrons. The van der Waals surface area contributed by atoms with Gasteiger partial charge in [-0.3, -0.25) is 0 Å². The first-order valence-corrected chi connectivity index (χ1v) is 7.96. The number of nitrogens with zero attached hydrogens (tertiary/aromatic N) is 2. The van der Waals surface area contributed by atoms with Gasteiger partial charge in [0.05, 0.1) is 19.3 Å². The third-order valence-electron chi connectivity index (χ3n) is 3.90. The lowest BCUT2D eigenvalue weighted by molar-refractivity contribution is 0.201. The molecule has 1 unspecified atom stereocenters. The fraction of sp³-hybridized carbons (Fsp3) is 0.211. The molecule has 0 amide bonds. The van der Waals surface area contributed by atoms with Crippen LogP contribution in [0, 0.1) is 5.82 Å². The summed E-state index contributed by atoms with van der Waals surface area (Å²) in [5.41, 5.74) is 1.66. The monoisotopic (exact) mass is 342 g/mol. The fourth-order valence-corrected chi connectivity index (χ4v) is 2.69. The maximum atomic E-state index is 13.2. The third-order valence-corrected chi connectivity index (χ3v) is 3.90. The molecule has 25 heavy (non-hydrogen) atoms. The Balaban J connectivity index is 1.89. The first-order valence-electron chi connectivity index (χ1n) is 7.96. The van der Waals surface area contributed by atoms with Gasteiger partial charge in [0.2, 0.25) is 0 Å². The summed E-state index contributed by atoms with van der Waals surface area (Å²) in [6.07, 6.45) is 3.45. The zero-order valence-corrected chi connectivity index (χ0v) is 13.5. The number of imidazole rings is 1. The van der Waals surface area contributed by atoms with Crippen LogP contribution in [0.15, 0.2) is 60.9 Å².